The number of carbonyl (C=O) groups is 1. The van der Waals surface area contributed by atoms with Crippen LogP contribution in [0.5, 0.6) is 0 Å². The maximum atomic E-state index is 13.0. The zero-order valence-corrected chi connectivity index (χ0v) is 17.2. The molecule has 1 aromatic carbocycles. The third-order valence-electron chi connectivity index (χ3n) is 6.21. The first-order valence-corrected chi connectivity index (χ1v) is 10.4. The molecule has 0 unspecified atom stereocenters. The van der Waals surface area contributed by atoms with Crippen molar-refractivity contribution in [3.8, 4) is 0 Å². The normalized spacial score (nSPS) is 24.1. The molecule has 5 heteroatoms. The number of nitrogens with zero attached hydrogens (tertiary/aromatic N) is 2. The number of aromatic nitrogens is 2. The third-order valence-corrected chi connectivity index (χ3v) is 6.21. The molecular formula is C23H31N3O2. The number of rotatable bonds is 6. The van der Waals surface area contributed by atoms with Crippen LogP contribution in [0.15, 0.2) is 36.8 Å². The van der Waals surface area contributed by atoms with E-state index >= 15 is 0 Å². The number of ether oxygens (including phenoxy) is 1. The Kier molecular flexibility index (Phi) is 5.04. The monoisotopic (exact) mass is 381 g/mol. The van der Waals surface area contributed by atoms with Gasteiger partial charge in [-0.3, -0.25) is 4.79 Å². The first-order chi connectivity index (χ1) is 13.4. The van der Waals surface area contributed by atoms with Crippen LogP contribution in [0.3, 0.4) is 0 Å². The lowest BCUT2D eigenvalue weighted by molar-refractivity contribution is -0.126. The van der Waals surface area contributed by atoms with Crippen molar-refractivity contribution in [2.24, 2.45) is 0 Å². The fourth-order valence-corrected chi connectivity index (χ4v) is 4.83. The largest absolute Gasteiger partial charge is 0.376 e. The smallest absolute Gasteiger partial charge is 0.221 e. The maximum Gasteiger partial charge on any atom is 0.221 e. The van der Waals surface area contributed by atoms with Crippen molar-refractivity contribution in [2.75, 3.05) is 6.61 Å². The highest BCUT2D eigenvalue weighted by Crippen LogP contribution is 2.45. The van der Waals surface area contributed by atoms with Crippen LogP contribution < -0.4 is 5.32 Å². The van der Waals surface area contributed by atoms with Gasteiger partial charge in [0.2, 0.25) is 5.91 Å². The SMILES string of the molecule is Cc1ccccc1[C@]1(CC(=O)NCc2cncn2C2CC2)CCOC(C)(C)C1. The summed E-state index contributed by atoms with van der Waals surface area (Å²) < 4.78 is 8.19. The van der Waals surface area contributed by atoms with Gasteiger partial charge in [-0.25, -0.2) is 4.98 Å². The second kappa shape index (κ2) is 7.36. The molecule has 2 aromatic rings. The van der Waals surface area contributed by atoms with E-state index in [2.05, 4.69) is 59.9 Å². The van der Waals surface area contributed by atoms with Gasteiger partial charge in [-0.1, -0.05) is 24.3 Å². The molecule has 0 bridgehead atoms. The summed E-state index contributed by atoms with van der Waals surface area (Å²) in [6, 6.07) is 9.05. The standard InChI is InChI=1S/C23H31N3O2/c1-17-6-4-5-7-20(17)23(10-11-28-22(2,3)15-23)12-21(27)25-14-19-13-24-16-26(19)18-8-9-18/h4-7,13,16,18H,8-12,14-15H2,1-3H3,(H,25,27)/t23-/m0/s1. The molecule has 2 fully saturated rings. The second-order valence-corrected chi connectivity index (χ2v) is 9.11. The molecule has 5 nitrogen and oxygen atoms in total. The fraction of sp³-hybridized carbons (Fsp3) is 0.565. The maximum absolute atomic E-state index is 13.0. The Morgan fingerprint density at radius 2 is 2.11 bits per heavy atom. The quantitative estimate of drug-likeness (QED) is 0.821. The van der Waals surface area contributed by atoms with Gasteiger partial charge in [-0.15, -0.1) is 0 Å². The Balaban J connectivity index is 1.51. The van der Waals surface area contributed by atoms with Crippen molar-refractivity contribution in [1.82, 2.24) is 14.9 Å². The van der Waals surface area contributed by atoms with E-state index in [4.69, 9.17) is 4.74 Å². The van der Waals surface area contributed by atoms with Crippen molar-refractivity contribution in [3.05, 3.63) is 53.6 Å². The van der Waals surface area contributed by atoms with Crippen LogP contribution in [-0.2, 0) is 21.5 Å². The van der Waals surface area contributed by atoms with E-state index in [1.807, 2.05) is 12.5 Å². The van der Waals surface area contributed by atoms with E-state index in [0.717, 1.165) is 18.5 Å². The van der Waals surface area contributed by atoms with Crippen molar-refractivity contribution < 1.29 is 9.53 Å². The lowest BCUT2D eigenvalue weighted by atomic mass is 9.66. The van der Waals surface area contributed by atoms with Crippen molar-refractivity contribution in [3.63, 3.8) is 0 Å². The van der Waals surface area contributed by atoms with Crippen LogP contribution in [0.1, 0.15) is 68.8 Å². The first kappa shape index (κ1) is 19.2. The minimum Gasteiger partial charge on any atom is -0.376 e. The molecule has 1 saturated heterocycles. The summed E-state index contributed by atoms with van der Waals surface area (Å²) in [6.07, 6.45) is 8.38. The number of carbonyl (C=O) groups excluding carboxylic acids is 1. The fourth-order valence-electron chi connectivity index (χ4n) is 4.83. The van der Waals surface area contributed by atoms with Crippen LogP contribution in [0, 0.1) is 6.92 Å². The van der Waals surface area contributed by atoms with Crippen molar-refractivity contribution in [1.29, 1.82) is 0 Å². The highest BCUT2D eigenvalue weighted by atomic mass is 16.5. The summed E-state index contributed by atoms with van der Waals surface area (Å²) in [5, 5.41) is 3.16. The van der Waals surface area contributed by atoms with Gasteiger partial charge < -0.3 is 14.6 Å². The molecular weight excluding hydrogens is 350 g/mol. The summed E-state index contributed by atoms with van der Waals surface area (Å²) >= 11 is 0. The molecule has 1 aliphatic carbocycles. The molecule has 150 valence electrons. The van der Waals surface area contributed by atoms with Crippen molar-refractivity contribution in [2.45, 2.75) is 76.5 Å². The molecule has 1 aliphatic heterocycles. The molecule has 1 atom stereocenters. The Morgan fingerprint density at radius 1 is 1.32 bits per heavy atom. The zero-order valence-electron chi connectivity index (χ0n) is 17.2. The lowest BCUT2D eigenvalue weighted by Crippen LogP contribution is -2.46. The number of nitrogens with one attached hydrogen (secondary N) is 1. The number of benzene rings is 1. The van der Waals surface area contributed by atoms with Crippen LogP contribution in [0.4, 0.5) is 0 Å². The van der Waals surface area contributed by atoms with Gasteiger partial charge in [0, 0.05) is 30.7 Å². The number of amides is 1. The van der Waals surface area contributed by atoms with E-state index in [1.54, 1.807) is 0 Å². The summed E-state index contributed by atoms with van der Waals surface area (Å²) in [4.78, 5) is 17.3. The molecule has 0 radical (unpaired) electrons. The highest BCUT2D eigenvalue weighted by Gasteiger charge is 2.44. The third kappa shape index (κ3) is 4.00. The van der Waals surface area contributed by atoms with Gasteiger partial charge in [0.25, 0.3) is 0 Å². The number of hydrogen-bond donors (Lipinski definition) is 1. The average molecular weight is 382 g/mol. The van der Waals surface area contributed by atoms with Crippen LogP contribution in [0.2, 0.25) is 0 Å². The highest BCUT2D eigenvalue weighted by molar-refractivity contribution is 5.77. The molecule has 1 amide bonds. The summed E-state index contributed by atoms with van der Waals surface area (Å²) in [6.45, 7) is 7.63. The van der Waals surface area contributed by atoms with Gasteiger partial charge in [0.15, 0.2) is 0 Å². The molecule has 0 spiro atoms. The van der Waals surface area contributed by atoms with E-state index in [1.165, 1.54) is 24.0 Å². The van der Waals surface area contributed by atoms with Gasteiger partial charge in [-0.05, 0) is 57.6 Å². The lowest BCUT2D eigenvalue weighted by Gasteiger charge is -2.45. The van der Waals surface area contributed by atoms with E-state index in [-0.39, 0.29) is 16.9 Å². The Hall–Kier alpha value is -2.14. The van der Waals surface area contributed by atoms with Gasteiger partial charge in [-0.2, -0.15) is 0 Å². The molecule has 1 aromatic heterocycles. The number of hydrogen-bond acceptors (Lipinski definition) is 3. The van der Waals surface area contributed by atoms with Gasteiger partial charge in [0.1, 0.15) is 0 Å². The minimum absolute atomic E-state index is 0.101. The number of aryl methyl sites for hydroxylation is 1. The van der Waals surface area contributed by atoms with E-state index in [9.17, 15) is 4.79 Å². The van der Waals surface area contributed by atoms with Crippen molar-refractivity contribution >= 4 is 5.91 Å². The Morgan fingerprint density at radius 3 is 2.82 bits per heavy atom. The van der Waals surface area contributed by atoms with E-state index in [0.29, 0.717) is 25.6 Å². The van der Waals surface area contributed by atoms with Crippen LogP contribution in [-0.4, -0.2) is 27.7 Å². The van der Waals surface area contributed by atoms with E-state index < -0.39 is 0 Å². The number of imidazole rings is 1. The average Bonchev–Trinajstić information content (AvgIpc) is 3.37. The Bertz CT molecular complexity index is 853. The second-order valence-electron chi connectivity index (χ2n) is 9.11. The molecule has 28 heavy (non-hydrogen) atoms. The summed E-state index contributed by atoms with van der Waals surface area (Å²) in [5.74, 6) is 0.101. The molecule has 4 rings (SSSR count). The van der Waals surface area contributed by atoms with Gasteiger partial charge in [0.05, 0.1) is 24.2 Å². The molecule has 2 aliphatic rings. The van der Waals surface area contributed by atoms with Crippen LogP contribution in [0.25, 0.3) is 0 Å². The zero-order chi connectivity index (χ0) is 19.8. The first-order valence-electron chi connectivity index (χ1n) is 10.4. The predicted molar refractivity (Wildman–Crippen MR) is 109 cm³/mol. The Labute approximate surface area is 167 Å². The topological polar surface area (TPSA) is 56.2 Å². The molecule has 1 N–H and O–H groups in total. The van der Waals surface area contributed by atoms with Gasteiger partial charge >= 0.3 is 0 Å². The summed E-state index contributed by atoms with van der Waals surface area (Å²) in [7, 11) is 0. The summed E-state index contributed by atoms with van der Waals surface area (Å²) in [5.41, 5.74) is 3.21. The predicted octanol–water partition coefficient (Wildman–Crippen LogP) is 4.06. The molecule has 2 heterocycles. The minimum atomic E-state index is -0.231. The molecule has 1 saturated carbocycles. The van der Waals surface area contributed by atoms with Crippen LogP contribution >= 0.6 is 0 Å².